The van der Waals surface area contributed by atoms with E-state index in [-0.39, 0.29) is 23.4 Å². The lowest BCUT2D eigenvalue weighted by Gasteiger charge is -2.30. The molecule has 2 aromatic rings. The fraction of sp³-hybridized carbons (Fsp3) is 0.440. The van der Waals surface area contributed by atoms with E-state index in [4.69, 9.17) is 0 Å². The Bertz CT molecular complexity index is 1100. The molecule has 0 spiro atoms. The molecule has 3 rings (SSSR count). The van der Waals surface area contributed by atoms with Crippen molar-refractivity contribution in [1.29, 1.82) is 0 Å². The standard InChI is InChI=1S/C25H33N3O4S/c1-17-14-18(2)24(19(3)15-17)27-23(29)16-26-25(30)20-10-12-22(13-11-20)33(31,32)28(4)21-8-6-5-7-9-21/h10-15,21H,5-9,16H2,1-4H3,(H,26,30)(H,27,29). The van der Waals surface area contributed by atoms with Gasteiger partial charge in [-0.25, -0.2) is 8.42 Å². The number of nitrogens with one attached hydrogen (secondary N) is 2. The van der Waals surface area contributed by atoms with Gasteiger partial charge in [-0.3, -0.25) is 9.59 Å². The van der Waals surface area contributed by atoms with Crippen LogP contribution in [0.15, 0.2) is 41.3 Å². The van der Waals surface area contributed by atoms with Crippen molar-refractivity contribution < 1.29 is 18.0 Å². The molecule has 1 fully saturated rings. The number of sulfonamides is 1. The topological polar surface area (TPSA) is 95.6 Å². The second-order valence-corrected chi connectivity index (χ2v) is 10.8. The lowest BCUT2D eigenvalue weighted by atomic mass is 9.96. The van der Waals surface area contributed by atoms with E-state index in [0.29, 0.717) is 5.56 Å². The summed E-state index contributed by atoms with van der Waals surface area (Å²) < 4.78 is 27.4. The van der Waals surface area contributed by atoms with Gasteiger partial charge in [-0.1, -0.05) is 37.0 Å². The number of hydrogen-bond donors (Lipinski definition) is 2. The monoisotopic (exact) mass is 471 g/mol. The predicted molar refractivity (Wildman–Crippen MR) is 130 cm³/mol. The summed E-state index contributed by atoms with van der Waals surface area (Å²) in [6, 6.07) is 9.84. The summed E-state index contributed by atoms with van der Waals surface area (Å²) in [5.41, 5.74) is 4.08. The van der Waals surface area contributed by atoms with Crippen molar-refractivity contribution in [3.05, 3.63) is 58.7 Å². The van der Waals surface area contributed by atoms with Gasteiger partial charge in [0.15, 0.2) is 0 Å². The third kappa shape index (κ3) is 6.00. The molecule has 2 N–H and O–H groups in total. The Labute approximate surface area is 196 Å². The minimum absolute atomic E-state index is 0.0195. The van der Waals surface area contributed by atoms with Crippen molar-refractivity contribution in [3.8, 4) is 0 Å². The van der Waals surface area contributed by atoms with Crippen molar-refractivity contribution >= 4 is 27.5 Å². The van der Waals surface area contributed by atoms with E-state index in [1.165, 1.54) is 28.6 Å². The summed E-state index contributed by atoms with van der Waals surface area (Å²) in [4.78, 5) is 25.0. The van der Waals surface area contributed by atoms with Gasteiger partial charge < -0.3 is 10.6 Å². The zero-order valence-corrected chi connectivity index (χ0v) is 20.6. The first-order valence-corrected chi connectivity index (χ1v) is 12.8. The van der Waals surface area contributed by atoms with Crippen LogP contribution in [-0.4, -0.2) is 44.2 Å². The van der Waals surface area contributed by atoms with Crippen molar-refractivity contribution in [2.75, 3.05) is 18.9 Å². The van der Waals surface area contributed by atoms with E-state index in [0.717, 1.165) is 54.5 Å². The Morgan fingerprint density at radius 3 is 2.12 bits per heavy atom. The van der Waals surface area contributed by atoms with E-state index < -0.39 is 15.9 Å². The molecule has 0 saturated heterocycles. The van der Waals surface area contributed by atoms with Gasteiger partial charge in [0.2, 0.25) is 15.9 Å². The van der Waals surface area contributed by atoms with Gasteiger partial charge in [-0.2, -0.15) is 4.31 Å². The van der Waals surface area contributed by atoms with Crippen LogP contribution in [0.1, 0.15) is 59.2 Å². The van der Waals surface area contributed by atoms with E-state index in [1.54, 1.807) is 7.05 Å². The van der Waals surface area contributed by atoms with Crippen LogP contribution in [0.2, 0.25) is 0 Å². The molecule has 0 bridgehead atoms. The molecule has 2 amide bonds. The molecule has 33 heavy (non-hydrogen) atoms. The first kappa shape index (κ1) is 24.9. The summed E-state index contributed by atoms with van der Waals surface area (Å²) in [6.07, 6.45) is 4.98. The molecule has 0 radical (unpaired) electrons. The Kier molecular flexibility index (Phi) is 7.92. The van der Waals surface area contributed by atoms with Gasteiger partial charge in [0.05, 0.1) is 11.4 Å². The molecule has 178 valence electrons. The maximum Gasteiger partial charge on any atom is 0.251 e. The molecule has 7 nitrogen and oxygen atoms in total. The fourth-order valence-electron chi connectivity index (χ4n) is 4.41. The minimum Gasteiger partial charge on any atom is -0.343 e. The van der Waals surface area contributed by atoms with E-state index >= 15 is 0 Å². The van der Waals surface area contributed by atoms with Crippen molar-refractivity contribution in [2.45, 2.75) is 63.8 Å². The smallest absolute Gasteiger partial charge is 0.251 e. The Balaban J connectivity index is 1.59. The Hall–Kier alpha value is -2.71. The third-order valence-electron chi connectivity index (χ3n) is 6.23. The highest BCUT2D eigenvalue weighted by atomic mass is 32.2. The average Bonchev–Trinajstić information content (AvgIpc) is 2.80. The maximum atomic E-state index is 12.9. The molecule has 8 heteroatoms. The van der Waals surface area contributed by atoms with Crippen molar-refractivity contribution in [3.63, 3.8) is 0 Å². The highest BCUT2D eigenvalue weighted by Gasteiger charge is 2.29. The van der Waals surface area contributed by atoms with Gasteiger partial charge in [-0.05, 0) is 69.0 Å². The van der Waals surface area contributed by atoms with Crippen LogP contribution in [-0.2, 0) is 14.8 Å². The molecule has 2 aromatic carbocycles. The van der Waals surface area contributed by atoms with E-state index in [2.05, 4.69) is 10.6 Å². The maximum absolute atomic E-state index is 12.9. The molecular weight excluding hydrogens is 438 g/mol. The number of hydrogen-bond acceptors (Lipinski definition) is 4. The second-order valence-electron chi connectivity index (χ2n) is 8.84. The van der Waals surface area contributed by atoms with Crippen LogP contribution >= 0.6 is 0 Å². The van der Waals surface area contributed by atoms with Crippen LogP contribution in [0.4, 0.5) is 5.69 Å². The highest BCUT2D eigenvalue weighted by Crippen LogP contribution is 2.26. The van der Waals surface area contributed by atoms with Crippen LogP contribution in [0.25, 0.3) is 0 Å². The van der Waals surface area contributed by atoms with E-state index in [9.17, 15) is 18.0 Å². The van der Waals surface area contributed by atoms with Gasteiger partial charge in [0.25, 0.3) is 5.91 Å². The fourth-order valence-corrected chi connectivity index (χ4v) is 5.82. The van der Waals surface area contributed by atoms with Gasteiger partial charge in [0.1, 0.15) is 0 Å². The molecule has 1 aliphatic rings. The molecule has 1 saturated carbocycles. The summed E-state index contributed by atoms with van der Waals surface area (Å²) in [7, 11) is -1.99. The summed E-state index contributed by atoms with van der Waals surface area (Å²) in [6.45, 7) is 5.66. The highest BCUT2D eigenvalue weighted by molar-refractivity contribution is 7.89. The molecule has 0 aliphatic heterocycles. The number of benzene rings is 2. The number of aryl methyl sites for hydroxylation is 3. The van der Waals surface area contributed by atoms with Gasteiger partial charge in [0, 0.05) is 24.3 Å². The predicted octanol–water partition coefficient (Wildman–Crippen LogP) is 3.93. The SMILES string of the molecule is Cc1cc(C)c(NC(=O)CNC(=O)c2ccc(S(=O)(=O)N(C)C3CCCCC3)cc2)c(C)c1. The molecule has 0 aromatic heterocycles. The van der Waals surface area contributed by atoms with E-state index in [1.807, 2.05) is 32.9 Å². The molecule has 1 aliphatic carbocycles. The number of amides is 2. The average molecular weight is 472 g/mol. The molecule has 0 heterocycles. The first-order valence-electron chi connectivity index (χ1n) is 11.3. The minimum atomic E-state index is -3.62. The molecule has 0 atom stereocenters. The molecule has 0 unspecified atom stereocenters. The largest absolute Gasteiger partial charge is 0.343 e. The summed E-state index contributed by atoms with van der Waals surface area (Å²) in [5.74, 6) is -0.765. The number of nitrogens with zero attached hydrogens (tertiary/aromatic N) is 1. The number of carbonyl (C=O) groups excluding carboxylic acids is 2. The van der Waals surface area contributed by atoms with Gasteiger partial charge in [-0.15, -0.1) is 0 Å². The van der Waals surface area contributed by atoms with Gasteiger partial charge >= 0.3 is 0 Å². The van der Waals surface area contributed by atoms with Crippen molar-refractivity contribution in [1.82, 2.24) is 9.62 Å². The third-order valence-corrected chi connectivity index (χ3v) is 8.16. The van der Waals surface area contributed by atoms with Crippen LogP contribution in [0.3, 0.4) is 0 Å². The number of rotatable bonds is 7. The van der Waals surface area contributed by atoms with Crippen LogP contribution < -0.4 is 10.6 Å². The first-order chi connectivity index (χ1) is 15.6. The number of carbonyl (C=O) groups is 2. The van der Waals surface area contributed by atoms with Crippen LogP contribution in [0, 0.1) is 20.8 Å². The Morgan fingerprint density at radius 2 is 1.55 bits per heavy atom. The quantitative estimate of drug-likeness (QED) is 0.640. The second kappa shape index (κ2) is 10.5. The molecular formula is C25H33N3O4S. The van der Waals surface area contributed by atoms with Crippen molar-refractivity contribution in [2.24, 2.45) is 0 Å². The zero-order valence-electron chi connectivity index (χ0n) is 19.8. The summed E-state index contributed by atoms with van der Waals surface area (Å²) in [5, 5.41) is 5.44. The zero-order chi connectivity index (χ0) is 24.2. The number of anilines is 1. The van der Waals surface area contributed by atoms with Crippen LogP contribution in [0.5, 0.6) is 0 Å². The lowest BCUT2D eigenvalue weighted by molar-refractivity contribution is -0.115. The Morgan fingerprint density at radius 1 is 0.970 bits per heavy atom. The summed E-state index contributed by atoms with van der Waals surface area (Å²) >= 11 is 0. The normalized spacial score (nSPS) is 14.8. The lowest BCUT2D eigenvalue weighted by Crippen LogP contribution is -2.38.